The maximum atomic E-state index is 12.3. The van der Waals surface area contributed by atoms with Crippen LogP contribution in [0, 0.1) is 11.8 Å². The van der Waals surface area contributed by atoms with Crippen LogP contribution in [0.4, 0.5) is 0 Å². The average molecular weight is 275 g/mol. The third-order valence-corrected chi connectivity index (χ3v) is 5.93. The predicted molar refractivity (Wildman–Crippen MR) is 72.2 cm³/mol. The van der Waals surface area contributed by atoms with Crippen LogP contribution in [-0.2, 0) is 10.2 Å². The van der Waals surface area contributed by atoms with Crippen LogP contribution < -0.4 is 10.5 Å². The second kappa shape index (κ2) is 5.86. The molecule has 0 bridgehead atoms. The average Bonchev–Trinajstić information content (AvgIpc) is 2.74. The molecule has 2 aliphatic rings. The Balaban J connectivity index is 1.97. The molecule has 1 saturated carbocycles. The van der Waals surface area contributed by atoms with Gasteiger partial charge in [-0.15, -0.1) is 0 Å². The van der Waals surface area contributed by atoms with Crippen molar-refractivity contribution in [1.29, 1.82) is 0 Å². The Hall–Kier alpha value is -0.170. The van der Waals surface area contributed by atoms with E-state index in [0.717, 1.165) is 32.1 Å². The van der Waals surface area contributed by atoms with Crippen LogP contribution in [0.3, 0.4) is 0 Å². The number of rotatable bonds is 4. The molecule has 0 spiro atoms. The molecular formula is C12H25N3O2S. The quantitative estimate of drug-likeness (QED) is 0.792. The van der Waals surface area contributed by atoms with Crippen LogP contribution in [0.25, 0.3) is 0 Å². The number of piperidine rings is 1. The van der Waals surface area contributed by atoms with Gasteiger partial charge in [-0.25, -0.2) is 0 Å². The van der Waals surface area contributed by atoms with Crippen molar-refractivity contribution in [2.75, 3.05) is 19.6 Å². The first kappa shape index (κ1) is 14.2. The van der Waals surface area contributed by atoms with Gasteiger partial charge in [0.2, 0.25) is 0 Å². The van der Waals surface area contributed by atoms with Crippen molar-refractivity contribution >= 4 is 10.2 Å². The second-order valence-corrected chi connectivity index (χ2v) is 7.44. The van der Waals surface area contributed by atoms with Gasteiger partial charge in [0, 0.05) is 19.1 Å². The van der Waals surface area contributed by atoms with E-state index < -0.39 is 10.2 Å². The monoisotopic (exact) mass is 275 g/mol. The van der Waals surface area contributed by atoms with E-state index >= 15 is 0 Å². The van der Waals surface area contributed by atoms with Crippen molar-refractivity contribution in [1.82, 2.24) is 9.03 Å². The molecule has 1 saturated heterocycles. The van der Waals surface area contributed by atoms with Crippen LogP contribution in [0.1, 0.15) is 39.0 Å². The Morgan fingerprint density at radius 1 is 1.28 bits per heavy atom. The van der Waals surface area contributed by atoms with E-state index in [1.54, 1.807) is 4.31 Å². The number of hydrogen-bond acceptors (Lipinski definition) is 3. The molecule has 18 heavy (non-hydrogen) atoms. The van der Waals surface area contributed by atoms with Gasteiger partial charge in [-0.05, 0) is 44.1 Å². The lowest BCUT2D eigenvalue weighted by molar-refractivity contribution is 0.266. The molecule has 3 N–H and O–H groups in total. The van der Waals surface area contributed by atoms with Crippen LogP contribution in [0.5, 0.6) is 0 Å². The fraction of sp³-hybridized carbons (Fsp3) is 1.00. The smallest absolute Gasteiger partial charge is 0.279 e. The lowest BCUT2D eigenvalue weighted by Crippen LogP contribution is -2.50. The zero-order chi connectivity index (χ0) is 13.2. The van der Waals surface area contributed by atoms with Crippen LogP contribution in [-0.4, -0.2) is 38.4 Å². The maximum Gasteiger partial charge on any atom is 0.279 e. The van der Waals surface area contributed by atoms with Gasteiger partial charge in [0.05, 0.1) is 0 Å². The molecule has 1 heterocycles. The number of hydrogen-bond donors (Lipinski definition) is 2. The number of nitrogens with two attached hydrogens (primary N) is 1. The van der Waals surface area contributed by atoms with Crippen molar-refractivity contribution in [3.05, 3.63) is 0 Å². The predicted octanol–water partition coefficient (Wildman–Crippen LogP) is 0.680. The highest BCUT2D eigenvalue weighted by Crippen LogP contribution is 2.26. The van der Waals surface area contributed by atoms with Gasteiger partial charge < -0.3 is 5.73 Å². The van der Waals surface area contributed by atoms with Crippen LogP contribution >= 0.6 is 0 Å². The van der Waals surface area contributed by atoms with Crippen molar-refractivity contribution in [2.45, 2.75) is 45.1 Å². The Morgan fingerprint density at radius 2 is 2.06 bits per heavy atom. The molecule has 1 aliphatic carbocycles. The SMILES string of the molecule is CC1CCCC1NS(=O)(=O)N1CCCC(CN)C1. The summed E-state index contributed by atoms with van der Waals surface area (Å²) >= 11 is 0. The molecule has 0 aromatic carbocycles. The van der Waals surface area contributed by atoms with Crippen molar-refractivity contribution in [3.63, 3.8) is 0 Å². The first-order chi connectivity index (χ1) is 8.53. The standard InChI is InChI=1S/C12H25N3O2S/c1-10-4-2-6-12(10)14-18(16,17)15-7-3-5-11(8-13)9-15/h10-12,14H,2-9,13H2,1H3. The minimum Gasteiger partial charge on any atom is -0.330 e. The molecule has 2 fully saturated rings. The van der Waals surface area contributed by atoms with E-state index in [-0.39, 0.29) is 6.04 Å². The number of nitrogens with one attached hydrogen (secondary N) is 1. The minimum atomic E-state index is -3.31. The lowest BCUT2D eigenvalue weighted by atomic mass is 10.0. The highest BCUT2D eigenvalue weighted by Gasteiger charge is 2.33. The van der Waals surface area contributed by atoms with Crippen molar-refractivity contribution in [2.24, 2.45) is 17.6 Å². The van der Waals surface area contributed by atoms with Crippen LogP contribution in [0.2, 0.25) is 0 Å². The summed E-state index contributed by atoms with van der Waals surface area (Å²) in [6.07, 6.45) is 5.18. The maximum absolute atomic E-state index is 12.3. The van der Waals surface area contributed by atoms with Gasteiger partial charge in [-0.3, -0.25) is 0 Å². The summed E-state index contributed by atoms with van der Waals surface area (Å²) in [7, 11) is -3.31. The van der Waals surface area contributed by atoms with Crippen LogP contribution in [0.15, 0.2) is 0 Å². The fourth-order valence-corrected chi connectivity index (χ4v) is 4.68. The molecule has 106 valence electrons. The second-order valence-electron chi connectivity index (χ2n) is 5.74. The number of nitrogens with zero attached hydrogens (tertiary/aromatic N) is 1. The zero-order valence-corrected chi connectivity index (χ0v) is 12.0. The van der Waals surface area contributed by atoms with E-state index in [9.17, 15) is 8.42 Å². The zero-order valence-electron chi connectivity index (χ0n) is 11.1. The minimum absolute atomic E-state index is 0.119. The summed E-state index contributed by atoms with van der Waals surface area (Å²) < 4.78 is 29.1. The molecule has 3 atom stereocenters. The third kappa shape index (κ3) is 3.23. The molecule has 3 unspecified atom stereocenters. The van der Waals surface area contributed by atoms with E-state index in [2.05, 4.69) is 11.6 Å². The Morgan fingerprint density at radius 3 is 2.67 bits per heavy atom. The van der Waals surface area contributed by atoms with E-state index in [0.29, 0.717) is 31.5 Å². The van der Waals surface area contributed by atoms with Gasteiger partial charge in [-0.1, -0.05) is 13.3 Å². The van der Waals surface area contributed by atoms with Gasteiger partial charge in [0.25, 0.3) is 10.2 Å². The Kier molecular flexibility index (Phi) is 4.64. The molecule has 5 nitrogen and oxygen atoms in total. The molecule has 1 aliphatic heterocycles. The molecule has 0 aromatic heterocycles. The summed E-state index contributed by atoms with van der Waals surface area (Å²) in [5.74, 6) is 0.770. The Bertz CT molecular complexity index is 372. The lowest BCUT2D eigenvalue weighted by Gasteiger charge is -2.32. The molecule has 0 amide bonds. The van der Waals surface area contributed by atoms with Gasteiger partial charge in [0.1, 0.15) is 0 Å². The summed E-state index contributed by atoms with van der Waals surface area (Å²) in [6.45, 7) is 3.91. The first-order valence-corrected chi connectivity index (χ1v) is 8.44. The molecule has 2 rings (SSSR count). The molecular weight excluding hydrogens is 250 g/mol. The van der Waals surface area contributed by atoms with E-state index in [4.69, 9.17) is 5.73 Å². The molecule has 6 heteroatoms. The highest BCUT2D eigenvalue weighted by atomic mass is 32.2. The third-order valence-electron chi connectivity index (χ3n) is 4.32. The van der Waals surface area contributed by atoms with Crippen molar-refractivity contribution < 1.29 is 8.42 Å². The Labute approximate surface area is 110 Å². The summed E-state index contributed by atoms with van der Waals surface area (Å²) in [5, 5.41) is 0. The van der Waals surface area contributed by atoms with Gasteiger partial charge in [0.15, 0.2) is 0 Å². The fourth-order valence-electron chi connectivity index (χ4n) is 3.02. The normalized spacial score (nSPS) is 34.9. The van der Waals surface area contributed by atoms with Crippen molar-refractivity contribution in [3.8, 4) is 0 Å². The topological polar surface area (TPSA) is 75.4 Å². The van der Waals surface area contributed by atoms with Gasteiger partial charge >= 0.3 is 0 Å². The highest BCUT2D eigenvalue weighted by molar-refractivity contribution is 7.87. The molecule has 0 radical (unpaired) electrons. The van der Waals surface area contributed by atoms with E-state index in [1.165, 1.54) is 0 Å². The van der Waals surface area contributed by atoms with E-state index in [1.807, 2.05) is 0 Å². The first-order valence-electron chi connectivity index (χ1n) is 7.00. The largest absolute Gasteiger partial charge is 0.330 e. The summed E-state index contributed by atoms with van der Waals surface area (Å²) in [6, 6.07) is 0.119. The van der Waals surface area contributed by atoms with Gasteiger partial charge in [-0.2, -0.15) is 17.4 Å². The molecule has 0 aromatic rings. The summed E-state index contributed by atoms with van der Waals surface area (Å²) in [5.41, 5.74) is 5.65. The summed E-state index contributed by atoms with van der Waals surface area (Å²) in [4.78, 5) is 0.